The van der Waals surface area contributed by atoms with Crippen LogP contribution in [-0.2, 0) is 0 Å². The molecule has 0 saturated carbocycles. The Morgan fingerprint density at radius 2 is 0.667 bits per heavy atom. The number of carbonyl (C=O) groups is 3. The second kappa shape index (κ2) is 10.6. The first-order valence-corrected chi connectivity index (χ1v) is 10.9. The lowest BCUT2D eigenvalue weighted by atomic mass is 10.1. The predicted octanol–water partition coefficient (Wildman–Crippen LogP) is 5.86. The number of ketones is 3. The quantitative estimate of drug-likeness (QED) is 0.270. The highest BCUT2D eigenvalue weighted by atomic mass is 16.5. The average Bonchev–Trinajstić information content (AvgIpc) is 2.85. The van der Waals surface area contributed by atoms with Gasteiger partial charge in [0.2, 0.25) is 0 Å². The molecule has 0 unspecified atom stereocenters. The molecule has 36 heavy (non-hydrogen) atoms. The maximum absolute atomic E-state index is 11.5. The first kappa shape index (κ1) is 24.2. The summed E-state index contributed by atoms with van der Waals surface area (Å²) in [6.45, 7) is 4.42. The van der Waals surface area contributed by atoms with E-state index in [1.54, 1.807) is 72.8 Å². The zero-order valence-electron chi connectivity index (χ0n) is 19.7. The molecule has 0 N–H and O–H groups in total. The number of benzene rings is 3. The molecule has 3 aromatic carbocycles. The predicted molar refractivity (Wildman–Crippen MR) is 129 cm³/mol. The van der Waals surface area contributed by atoms with Crippen molar-refractivity contribution in [2.45, 2.75) is 20.8 Å². The number of ether oxygens (including phenoxy) is 3. The first-order valence-electron chi connectivity index (χ1n) is 10.9. The van der Waals surface area contributed by atoms with E-state index in [0.29, 0.717) is 33.9 Å². The molecule has 0 bridgehead atoms. The van der Waals surface area contributed by atoms with Gasteiger partial charge in [0, 0.05) is 16.7 Å². The van der Waals surface area contributed by atoms with Gasteiger partial charge in [-0.3, -0.25) is 14.4 Å². The third-order valence-corrected chi connectivity index (χ3v) is 4.98. The summed E-state index contributed by atoms with van der Waals surface area (Å²) < 4.78 is 17.2. The molecular weight excluding hydrogens is 462 g/mol. The van der Waals surface area contributed by atoms with Gasteiger partial charge in [0.25, 0.3) is 0 Å². The van der Waals surface area contributed by atoms with Crippen LogP contribution in [0.5, 0.6) is 35.3 Å². The minimum Gasteiger partial charge on any atom is -0.424 e. The third-order valence-electron chi connectivity index (χ3n) is 4.98. The Bertz CT molecular complexity index is 1230. The summed E-state index contributed by atoms with van der Waals surface area (Å²) >= 11 is 0. The molecule has 1 heterocycles. The monoisotopic (exact) mass is 483 g/mol. The van der Waals surface area contributed by atoms with Crippen molar-refractivity contribution in [2.24, 2.45) is 0 Å². The molecule has 0 aliphatic heterocycles. The molecular formula is C27H21N3O6. The van der Waals surface area contributed by atoms with Gasteiger partial charge in [-0.1, -0.05) is 0 Å². The molecule has 0 aliphatic rings. The summed E-state index contributed by atoms with van der Waals surface area (Å²) in [5, 5.41) is 0. The van der Waals surface area contributed by atoms with Gasteiger partial charge in [-0.05, 0) is 93.6 Å². The lowest BCUT2D eigenvalue weighted by molar-refractivity contribution is 0.100. The van der Waals surface area contributed by atoms with E-state index >= 15 is 0 Å². The molecule has 0 atom stereocenters. The van der Waals surface area contributed by atoms with Crippen molar-refractivity contribution in [1.29, 1.82) is 0 Å². The van der Waals surface area contributed by atoms with Gasteiger partial charge in [0.15, 0.2) is 17.3 Å². The molecule has 4 aromatic rings. The zero-order valence-corrected chi connectivity index (χ0v) is 19.7. The van der Waals surface area contributed by atoms with Crippen molar-refractivity contribution in [2.75, 3.05) is 0 Å². The Morgan fingerprint density at radius 3 is 0.861 bits per heavy atom. The average molecular weight is 483 g/mol. The van der Waals surface area contributed by atoms with Crippen LogP contribution < -0.4 is 14.2 Å². The van der Waals surface area contributed by atoms with Crippen LogP contribution in [0.2, 0.25) is 0 Å². The SMILES string of the molecule is CC(=O)c1ccc(Oc2nc(Oc3ccc(C(C)=O)cc3)nc(Oc3ccc(C(C)=O)cc3)n2)cc1. The normalized spacial score (nSPS) is 10.4. The van der Waals surface area contributed by atoms with Crippen LogP contribution in [0, 0.1) is 0 Å². The molecule has 0 radical (unpaired) electrons. The summed E-state index contributed by atoms with van der Waals surface area (Å²) in [6, 6.07) is 19.1. The van der Waals surface area contributed by atoms with Crippen molar-refractivity contribution >= 4 is 17.3 Å². The number of nitrogens with zero attached hydrogens (tertiary/aromatic N) is 3. The molecule has 0 fully saturated rings. The maximum Gasteiger partial charge on any atom is 0.331 e. The van der Waals surface area contributed by atoms with Crippen LogP contribution >= 0.6 is 0 Å². The lowest BCUT2D eigenvalue weighted by Gasteiger charge is -2.10. The van der Waals surface area contributed by atoms with E-state index in [1.165, 1.54) is 20.8 Å². The second-order valence-corrected chi connectivity index (χ2v) is 7.73. The van der Waals surface area contributed by atoms with E-state index in [4.69, 9.17) is 14.2 Å². The summed E-state index contributed by atoms with van der Waals surface area (Å²) in [5.41, 5.74) is 1.61. The second-order valence-electron chi connectivity index (χ2n) is 7.73. The summed E-state index contributed by atoms with van der Waals surface area (Å²) in [5.74, 6) is 0.957. The molecule has 4 rings (SSSR count). The summed E-state index contributed by atoms with van der Waals surface area (Å²) in [7, 11) is 0. The van der Waals surface area contributed by atoms with Crippen LogP contribution in [-0.4, -0.2) is 32.3 Å². The van der Waals surface area contributed by atoms with Gasteiger partial charge < -0.3 is 14.2 Å². The molecule has 0 spiro atoms. The third kappa shape index (κ3) is 6.15. The van der Waals surface area contributed by atoms with Crippen LogP contribution in [0.25, 0.3) is 0 Å². The maximum atomic E-state index is 11.5. The number of carbonyl (C=O) groups excluding carboxylic acids is 3. The van der Waals surface area contributed by atoms with Gasteiger partial charge in [-0.25, -0.2) is 0 Å². The van der Waals surface area contributed by atoms with E-state index in [9.17, 15) is 14.4 Å². The Morgan fingerprint density at radius 1 is 0.444 bits per heavy atom. The van der Waals surface area contributed by atoms with Crippen molar-refractivity contribution in [1.82, 2.24) is 15.0 Å². The highest BCUT2D eigenvalue weighted by molar-refractivity contribution is 5.95. The number of hydrogen-bond acceptors (Lipinski definition) is 9. The molecule has 0 saturated heterocycles. The fraction of sp³-hybridized carbons (Fsp3) is 0.111. The van der Waals surface area contributed by atoms with Gasteiger partial charge >= 0.3 is 18.0 Å². The fourth-order valence-corrected chi connectivity index (χ4v) is 3.05. The van der Waals surface area contributed by atoms with Crippen LogP contribution in [0.4, 0.5) is 0 Å². The van der Waals surface area contributed by atoms with Crippen LogP contribution in [0.15, 0.2) is 72.8 Å². The first-order chi connectivity index (χ1) is 17.3. The molecule has 0 amide bonds. The zero-order chi connectivity index (χ0) is 25.7. The smallest absolute Gasteiger partial charge is 0.331 e. The number of hydrogen-bond donors (Lipinski definition) is 0. The lowest BCUT2D eigenvalue weighted by Crippen LogP contribution is -2.02. The van der Waals surface area contributed by atoms with Crippen molar-refractivity contribution in [3.8, 4) is 35.3 Å². The van der Waals surface area contributed by atoms with Gasteiger partial charge in [0.05, 0.1) is 0 Å². The van der Waals surface area contributed by atoms with E-state index < -0.39 is 0 Å². The minimum absolute atomic E-state index is 0.0698. The Balaban J connectivity index is 1.62. The molecule has 180 valence electrons. The number of aromatic nitrogens is 3. The van der Waals surface area contributed by atoms with E-state index in [2.05, 4.69) is 15.0 Å². The number of rotatable bonds is 9. The largest absolute Gasteiger partial charge is 0.424 e. The Labute approximate surface area is 206 Å². The van der Waals surface area contributed by atoms with E-state index in [-0.39, 0.29) is 35.4 Å². The molecule has 9 nitrogen and oxygen atoms in total. The van der Waals surface area contributed by atoms with Gasteiger partial charge in [-0.2, -0.15) is 0 Å². The van der Waals surface area contributed by atoms with E-state index in [0.717, 1.165) is 0 Å². The van der Waals surface area contributed by atoms with E-state index in [1.807, 2.05) is 0 Å². The molecule has 1 aromatic heterocycles. The fourth-order valence-electron chi connectivity index (χ4n) is 3.05. The molecule has 9 heteroatoms. The molecule has 0 aliphatic carbocycles. The van der Waals surface area contributed by atoms with Crippen LogP contribution in [0.1, 0.15) is 51.8 Å². The highest BCUT2D eigenvalue weighted by Crippen LogP contribution is 2.27. The van der Waals surface area contributed by atoms with Gasteiger partial charge in [0.1, 0.15) is 17.2 Å². The standard InChI is InChI=1S/C27H21N3O6/c1-16(31)19-4-10-22(11-5-19)34-25-28-26(35-23-12-6-20(7-13-23)17(2)32)30-27(29-25)36-24-14-8-21(9-15-24)18(3)33/h4-15H,1-3H3. The van der Waals surface area contributed by atoms with Gasteiger partial charge in [-0.15, -0.1) is 15.0 Å². The Kier molecular flexibility index (Phi) is 7.10. The summed E-state index contributed by atoms with van der Waals surface area (Å²) in [6.07, 6.45) is 0. The van der Waals surface area contributed by atoms with Crippen LogP contribution in [0.3, 0.4) is 0 Å². The van der Waals surface area contributed by atoms with Crippen molar-refractivity contribution in [3.05, 3.63) is 89.5 Å². The van der Waals surface area contributed by atoms with Crippen molar-refractivity contribution in [3.63, 3.8) is 0 Å². The highest BCUT2D eigenvalue weighted by Gasteiger charge is 2.14. The topological polar surface area (TPSA) is 118 Å². The number of Topliss-reactive ketones (excluding diaryl/α,β-unsaturated/α-hetero) is 3. The summed E-state index contributed by atoms with van der Waals surface area (Å²) in [4.78, 5) is 47.1. The minimum atomic E-state index is -0.105. The van der Waals surface area contributed by atoms with Crippen molar-refractivity contribution < 1.29 is 28.6 Å². The Hall–Kier alpha value is -4.92.